The van der Waals surface area contributed by atoms with Gasteiger partial charge in [-0.1, -0.05) is 18.6 Å². The zero-order valence-corrected chi connectivity index (χ0v) is 20.2. The highest BCUT2D eigenvalue weighted by atomic mass is 16.1. The Labute approximate surface area is 202 Å². The van der Waals surface area contributed by atoms with E-state index in [1.54, 1.807) is 0 Å². The Morgan fingerprint density at radius 2 is 2.06 bits per heavy atom. The lowest BCUT2D eigenvalue weighted by atomic mass is 9.91. The predicted molar refractivity (Wildman–Crippen MR) is 135 cm³/mol. The molecule has 2 aromatic heterocycles. The number of aromatic nitrogens is 3. The quantitative estimate of drug-likeness (QED) is 0.496. The minimum Gasteiger partial charge on any atom is -0.352 e. The molecule has 1 fully saturated rings. The zero-order chi connectivity index (χ0) is 23.3. The highest BCUT2D eigenvalue weighted by molar-refractivity contribution is 6.04. The van der Waals surface area contributed by atoms with Gasteiger partial charge in [0.15, 0.2) is 0 Å². The monoisotopic (exact) mass is 460 g/mol. The second kappa shape index (κ2) is 10.7. The zero-order valence-electron chi connectivity index (χ0n) is 20.2. The molecular formula is C27H36N6O. The van der Waals surface area contributed by atoms with Gasteiger partial charge in [0.05, 0.1) is 29.4 Å². The van der Waals surface area contributed by atoms with Crippen LogP contribution in [0.3, 0.4) is 0 Å². The Morgan fingerprint density at radius 3 is 2.94 bits per heavy atom. The number of nitrogens with one attached hydrogen (secondary N) is 2. The van der Waals surface area contributed by atoms with Crippen LogP contribution in [0.25, 0.3) is 11.0 Å². The second-order valence-electron chi connectivity index (χ2n) is 9.77. The third-order valence-electron chi connectivity index (χ3n) is 7.29. The van der Waals surface area contributed by atoms with Crippen LogP contribution in [0.15, 0.2) is 36.5 Å². The molecule has 5 rings (SSSR count). The van der Waals surface area contributed by atoms with E-state index >= 15 is 0 Å². The largest absolute Gasteiger partial charge is 0.352 e. The number of rotatable bonds is 8. The number of aromatic amines is 1. The summed E-state index contributed by atoms with van der Waals surface area (Å²) in [6.07, 6.45) is 10.2. The van der Waals surface area contributed by atoms with Gasteiger partial charge in [-0.25, -0.2) is 4.98 Å². The van der Waals surface area contributed by atoms with Crippen molar-refractivity contribution in [3.8, 4) is 0 Å². The molecule has 2 N–H and O–H groups in total. The minimum atomic E-state index is -0.0407. The average Bonchev–Trinajstić information content (AvgIpc) is 3.29. The number of hydrogen-bond acceptors (Lipinski definition) is 5. The number of carbonyl (C=O) groups excluding carboxylic acids is 1. The molecule has 3 heterocycles. The van der Waals surface area contributed by atoms with E-state index in [0.717, 1.165) is 42.7 Å². The number of fused-ring (bicyclic) bond motifs is 2. The van der Waals surface area contributed by atoms with Crippen molar-refractivity contribution in [3.05, 3.63) is 59.2 Å². The Balaban J connectivity index is 1.22. The molecule has 0 saturated carbocycles. The molecule has 0 bridgehead atoms. The summed E-state index contributed by atoms with van der Waals surface area (Å²) < 4.78 is 0. The number of piperidine rings is 1. The Kier molecular flexibility index (Phi) is 7.21. The summed E-state index contributed by atoms with van der Waals surface area (Å²) in [7, 11) is 2.14. The number of para-hydroxylation sites is 1. The Morgan fingerprint density at radius 1 is 1.18 bits per heavy atom. The van der Waals surface area contributed by atoms with Gasteiger partial charge in [-0.3, -0.25) is 14.7 Å². The van der Waals surface area contributed by atoms with Crippen molar-refractivity contribution in [3.63, 3.8) is 0 Å². The van der Waals surface area contributed by atoms with E-state index in [4.69, 9.17) is 4.98 Å². The molecule has 180 valence electrons. The Bertz CT molecular complexity index is 1120. The molecular weight excluding hydrogens is 424 g/mol. The number of carbonyl (C=O) groups is 1. The van der Waals surface area contributed by atoms with Crippen LogP contribution in [0.4, 0.5) is 0 Å². The first kappa shape index (κ1) is 23.0. The first-order chi connectivity index (χ1) is 16.7. The highest BCUT2D eigenvalue weighted by Crippen LogP contribution is 2.32. The molecule has 1 amide bonds. The molecule has 34 heavy (non-hydrogen) atoms. The third-order valence-corrected chi connectivity index (χ3v) is 7.29. The van der Waals surface area contributed by atoms with Gasteiger partial charge in [0.1, 0.15) is 11.3 Å². The number of imidazole rings is 1. The smallest absolute Gasteiger partial charge is 0.253 e. The van der Waals surface area contributed by atoms with Crippen molar-refractivity contribution in [2.24, 2.45) is 0 Å². The topological polar surface area (TPSA) is 77.2 Å². The van der Waals surface area contributed by atoms with Crippen molar-refractivity contribution < 1.29 is 4.79 Å². The third kappa shape index (κ3) is 5.15. The van der Waals surface area contributed by atoms with Crippen LogP contribution in [0.2, 0.25) is 0 Å². The SMILES string of the molecule is CN(Cc1nc2c(C(=O)NCCCN3CCCCC3)cccc2[nH]1)C1CCCc2cccnc21. The lowest BCUT2D eigenvalue weighted by Crippen LogP contribution is -2.33. The number of hydrogen-bond donors (Lipinski definition) is 2. The number of aryl methyl sites for hydroxylation is 1. The number of pyridine rings is 1. The van der Waals surface area contributed by atoms with Crippen LogP contribution in [0, 0.1) is 0 Å². The summed E-state index contributed by atoms with van der Waals surface area (Å²) in [5, 5.41) is 3.11. The van der Waals surface area contributed by atoms with Crippen LogP contribution >= 0.6 is 0 Å². The molecule has 3 aromatic rings. The fourth-order valence-corrected chi connectivity index (χ4v) is 5.48. The molecule has 1 aliphatic carbocycles. The fraction of sp³-hybridized carbons (Fsp3) is 0.519. The summed E-state index contributed by atoms with van der Waals surface area (Å²) >= 11 is 0. The Hall–Kier alpha value is -2.77. The summed E-state index contributed by atoms with van der Waals surface area (Å²) in [6, 6.07) is 10.3. The van der Waals surface area contributed by atoms with E-state index in [9.17, 15) is 4.79 Å². The molecule has 7 heteroatoms. The summed E-state index contributed by atoms with van der Waals surface area (Å²) in [5.41, 5.74) is 4.85. The maximum Gasteiger partial charge on any atom is 0.253 e. The van der Waals surface area contributed by atoms with Gasteiger partial charge in [0, 0.05) is 12.7 Å². The minimum absolute atomic E-state index is 0.0407. The highest BCUT2D eigenvalue weighted by Gasteiger charge is 2.25. The number of likely N-dealkylation sites (tertiary alicyclic amines) is 1. The molecule has 1 aliphatic heterocycles. The van der Waals surface area contributed by atoms with Crippen LogP contribution in [-0.2, 0) is 13.0 Å². The summed E-state index contributed by atoms with van der Waals surface area (Å²) in [6.45, 7) is 4.83. The lowest BCUT2D eigenvalue weighted by molar-refractivity contribution is 0.0952. The molecule has 0 radical (unpaired) electrons. The molecule has 0 spiro atoms. The van der Waals surface area contributed by atoms with Gasteiger partial charge in [-0.05, 0) is 89.0 Å². The second-order valence-corrected chi connectivity index (χ2v) is 9.77. The number of benzene rings is 1. The molecule has 1 aromatic carbocycles. The van der Waals surface area contributed by atoms with E-state index in [2.05, 4.69) is 38.2 Å². The van der Waals surface area contributed by atoms with Gasteiger partial charge in [-0.2, -0.15) is 0 Å². The van der Waals surface area contributed by atoms with Gasteiger partial charge in [0.25, 0.3) is 5.91 Å². The maximum absolute atomic E-state index is 12.9. The van der Waals surface area contributed by atoms with E-state index in [0.29, 0.717) is 24.7 Å². The summed E-state index contributed by atoms with van der Waals surface area (Å²) in [5.74, 6) is 0.840. The number of nitrogens with zero attached hydrogens (tertiary/aromatic N) is 4. The molecule has 1 atom stereocenters. The van der Waals surface area contributed by atoms with E-state index < -0.39 is 0 Å². The van der Waals surface area contributed by atoms with Crippen molar-refractivity contribution in [1.29, 1.82) is 0 Å². The average molecular weight is 461 g/mol. The number of H-pyrrole nitrogens is 1. The van der Waals surface area contributed by atoms with Crippen molar-refractivity contribution in [2.75, 3.05) is 33.2 Å². The van der Waals surface area contributed by atoms with Crippen LogP contribution in [0.1, 0.15) is 72.0 Å². The van der Waals surface area contributed by atoms with Gasteiger partial charge >= 0.3 is 0 Å². The maximum atomic E-state index is 12.9. The standard InChI is InChI=1S/C27H36N6O/c1-32(23-13-5-9-20-10-7-14-28-25(20)23)19-24-30-22-12-6-11-21(26(22)31-24)27(34)29-15-8-18-33-16-3-2-4-17-33/h6-7,10-12,14,23H,2-5,8-9,13,15-19H2,1H3,(H,29,34)(H,30,31). The normalized spacial score (nSPS) is 18.8. The number of amides is 1. The first-order valence-corrected chi connectivity index (χ1v) is 12.8. The lowest BCUT2D eigenvalue weighted by Gasteiger charge is -2.31. The van der Waals surface area contributed by atoms with Gasteiger partial charge in [0.2, 0.25) is 0 Å². The van der Waals surface area contributed by atoms with Crippen LogP contribution in [-0.4, -0.2) is 63.9 Å². The molecule has 2 aliphatic rings. The van der Waals surface area contributed by atoms with Crippen molar-refractivity contribution in [2.45, 2.75) is 57.5 Å². The van der Waals surface area contributed by atoms with Crippen LogP contribution < -0.4 is 5.32 Å². The first-order valence-electron chi connectivity index (χ1n) is 12.8. The molecule has 1 unspecified atom stereocenters. The van der Waals surface area contributed by atoms with Crippen molar-refractivity contribution in [1.82, 2.24) is 30.1 Å². The fourth-order valence-electron chi connectivity index (χ4n) is 5.48. The van der Waals surface area contributed by atoms with Crippen molar-refractivity contribution >= 4 is 16.9 Å². The van der Waals surface area contributed by atoms with Gasteiger partial charge < -0.3 is 15.2 Å². The van der Waals surface area contributed by atoms with Gasteiger partial charge in [-0.15, -0.1) is 0 Å². The van der Waals surface area contributed by atoms with E-state index in [1.807, 2.05) is 30.5 Å². The predicted octanol–water partition coefficient (Wildman–Crippen LogP) is 4.07. The summed E-state index contributed by atoms with van der Waals surface area (Å²) in [4.78, 5) is 30.7. The van der Waals surface area contributed by atoms with E-state index in [1.165, 1.54) is 50.0 Å². The molecule has 7 nitrogen and oxygen atoms in total. The molecule has 1 saturated heterocycles. The van der Waals surface area contributed by atoms with Crippen LogP contribution in [0.5, 0.6) is 0 Å². The van der Waals surface area contributed by atoms with E-state index in [-0.39, 0.29) is 5.91 Å².